The molecule has 4 nitrogen and oxygen atoms in total. The van der Waals surface area contributed by atoms with Gasteiger partial charge in [0.05, 0.1) is 17.7 Å². The van der Waals surface area contributed by atoms with Crippen molar-refractivity contribution >= 4 is 17.5 Å². The van der Waals surface area contributed by atoms with Crippen molar-refractivity contribution in [2.45, 2.75) is 13.2 Å². The molecule has 0 spiro atoms. The molecule has 0 saturated heterocycles. The number of alkyl halides is 2. The van der Waals surface area contributed by atoms with Crippen LogP contribution < -0.4 is 14.8 Å². The monoisotopic (exact) mass is 377 g/mol. The normalized spacial score (nSPS) is 10.7. The number of hydrogen-bond acceptors (Lipinski definition) is 3. The van der Waals surface area contributed by atoms with Crippen LogP contribution in [0.1, 0.15) is 15.9 Å². The van der Waals surface area contributed by atoms with Crippen molar-refractivity contribution < 1.29 is 31.8 Å². The zero-order chi connectivity index (χ0) is 18.6. The lowest BCUT2D eigenvalue weighted by molar-refractivity contribution is -0.0512. The number of methoxy groups -OCH3 is 1. The standard InChI is InChI=1S/C16H12ClF4NO3/c1-24-14-4-8(2-3-13(14)25-16(20)21)7-22-15(23)9-5-11(18)12(19)6-10(9)17/h2-6,16H,7H2,1H3,(H,22,23). The first-order valence-corrected chi connectivity index (χ1v) is 7.24. The molecule has 1 amide bonds. The van der Waals surface area contributed by atoms with Gasteiger partial charge in [0, 0.05) is 6.54 Å². The van der Waals surface area contributed by atoms with Gasteiger partial charge in [-0.2, -0.15) is 8.78 Å². The van der Waals surface area contributed by atoms with E-state index in [9.17, 15) is 22.4 Å². The van der Waals surface area contributed by atoms with Crippen molar-refractivity contribution in [2.75, 3.05) is 7.11 Å². The number of amides is 1. The van der Waals surface area contributed by atoms with Gasteiger partial charge in [-0.3, -0.25) is 4.79 Å². The summed E-state index contributed by atoms with van der Waals surface area (Å²) in [5.41, 5.74) is 0.274. The molecular formula is C16H12ClF4NO3. The molecule has 0 bridgehead atoms. The molecule has 0 saturated carbocycles. The maximum absolute atomic E-state index is 13.2. The Bertz CT molecular complexity index is 786. The molecule has 0 atom stereocenters. The number of halogens is 5. The second kappa shape index (κ2) is 8.06. The third kappa shape index (κ3) is 4.76. The first kappa shape index (κ1) is 18.9. The second-order valence-electron chi connectivity index (χ2n) is 4.79. The van der Waals surface area contributed by atoms with E-state index >= 15 is 0 Å². The first-order chi connectivity index (χ1) is 11.8. The molecule has 2 rings (SSSR count). The lowest BCUT2D eigenvalue weighted by atomic mass is 10.1. The number of benzene rings is 2. The molecule has 9 heteroatoms. The summed E-state index contributed by atoms with van der Waals surface area (Å²) in [4.78, 5) is 12.0. The molecule has 2 aromatic rings. The van der Waals surface area contributed by atoms with Crippen LogP contribution in [0.3, 0.4) is 0 Å². The van der Waals surface area contributed by atoms with Crippen molar-refractivity contribution in [3.63, 3.8) is 0 Å². The van der Waals surface area contributed by atoms with Crippen LogP contribution in [0.15, 0.2) is 30.3 Å². The van der Waals surface area contributed by atoms with Crippen LogP contribution in [0.4, 0.5) is 17.6 Å². The topological polar surface area (TPSA) is 47.6 Å². The van der Waals surface area contributed by atoms with Crippen LogP contribution in [-0.2, 0) is 6.54 Å². The molecule has 134 valence electrons. The Morgan fingerprint density at radius 1 is 1.16 bits per heavy atom. The van der Waals surface area contributed by atoms with Gasteiger partial charge in [0.15, 0.2) is 23.1 Å². The van der Waals surface area contributed by atoms with E-state index in [-0.39, 0.29) is 28.6 Å². The lowest BCUT2D eigenvalue weighted by Gasteiger charge is -2.12. The van der Waals surface area contributed by atoms with Crippen LogP contribution in [0.2, 0.25) is 5.02 Å². The second-order valence-corrected chi connectivity index (χ2v) is 5.20. The van der Waals surface area contributed by atoms with Crippen molar-refractivity contribution in [3.05, 3.63) is 58.1 Å². The molecule has 0 radical (unpaired) electrons. The van der Waals surface area contributed by atoms with E-state index in [4.69, 9.17) is 16.3 Å². The van der Waals surface area contributed by atoms with E-state index in [1.807, 2.05) is 0 Å². The summed E-state index contributed by atoms with van der Waals surface area (Å²) in [5, 5.41) is 2.22. The van der Waals surface area contributed by atoms with E-state index in [1.54, 1.807) is 0 Å². The Balaban J connectivity index is 2.10. The third-order valence-corrected chi connectivity index (χ3v) is 3.46. The summed E-state index contributed by atoms with van der Waals surface area (Å²) in [5.74, 6) is -3.20. The van der Waals surface area contributed by atoms with E-state index in [0.717, 1.165) is 0 Å². The highest BCUT2D eigenvalue weighted by Crippen LogP contribution is 2.29. The predicted octanol–water partition coefficient (Wildman–Crippen LogP) is 4.16. The summed E-state index contributed by atoms with van der Waals surface area (Å²) in [6, 6.07) is 5.48. The van der Waals surface area contributed by atoms with Crippen LogP contribution >= 0.6 is 11.6 Å². The van der Waals surface area contributed by atoms with Crippen molar-refractivity contribution in [2.24, 2.45) is 0 Å². The minimum absolute atomic E-state index is 0.0283. The van der Waals surface area contributed by atoms with E-state index in [0.29, 0.717) is 17.7 Å². The van der Waals surface area contributed by atoms with Gasteiger partial charge in [-0.05, 0) is 29.8 Å². The Morgan fingerprint density at radius 3 is 2.48 bits per heavy atom. The van der Waals surface area contributed by atoms with Gasteiger partial charge in [0.1, 0.15) is 0 Å². The first-order valence-electron chi connectivity index (χ1n) is 6.86. The van der Waals surface area contributed by atoms with Gasteiger partial charge in [-0.25, -0.2) is 8.78 Å². The van der Waals surface area contributed by atoms with Crippen molar-refractivity contribution in [3.8, 4) is 11.5 Å². The largest absolute Gasteiger partial charge is 0.493 e. The summed E-state index contributed by atoms with van der Waals surface area (Å²) in [6.45, 7) is -3.03. The number of hydrogen-bond donors (Lipinski definition) is 1. The van der Waals surface area contributed by atoms with Gasteiger partial charge >= 0.3 is 6.61 Å². The van der Waals surface area contributed by atoms with Crippen LogP contribution in [0.5, 0.6) is 11.5 Å². The van der Waals surface area contributed by atoms with Gasteiger partial charge < -0.3 is 14.8 Å². The lowest BCUT2D eigenvalue weighted by Crippen LogP contribution is -2.23. The Kier molecular flexibility index (Phi) is 6.08. The molecule has 0 aliphatic heterocycles. The molecule has 2 aromatic carbocycles. The summed E-state index contributed by atoms with van der Waals surface area (Å²) in [7, 11) is 1.27. The van der Waals surface area contributed by atoms with Crippen LogP contribution in [0.25, 0.3) is 0 Å². The van der Waals surface area contributed by atoms with Gasteiger partial charge in [-0.15, -0.1) is 0 Å². The molecule has 0 aliphatic carbocycles. The highest BCUT2D eigenvalue weighted by Gasteiger charge is 2.16. The van der Waals surface area contributed by atoms with Crippen LogP contribution in [0, 0.1) is 11.6 Å². The molecule has 1 N–H and O–H groups in total. The average molecular weight is 378 g/mol. The fourth-order valence-electron chi connectivity index (χ4n) is 1.99. The zero-order valence-electron chi connectivity index (χ0n) is 12.8. The van der Waals surface area contributed by atoms with Crippen molar-refractivity contribution in [1.29, 1.82) is 0 Å². The average Bonchev–Trinajstić information content (AvgIpc) is 2.56. The van der Waals surface area contributed by atoms with Gasteiger partial charge in [0.2, 0.25) is 0 Å². The summed E-state index contributed by atoms with van der Waals surface area (Å²) < 4.78 is 60.0. The summed E-state index contributed by atoms with van der Waals surface area (Å²) >= 11 is 5.72. The quantitative estimate of drug-likeness (QED) is 0.607. The molecule has 0 heterocycles. The van der Waals surface area contributed by atoms with Gasteiger partial charge in [-0.1, -0.05) is 17.7 Å². The number of rotatable bonds is 6. The Hall–Kier alpha value is -2.48. The van der Waals surface area contributed by atoms with E-state index in [1.165, 1.54) is 25.3 Å². The summed E-state index contributed by atoms with van der Waals surface area (Å²) in [6.07, 6.45) is 0. The Labute approximate surface area is 145 Å². The predicted molar refractivity (Wildman–Crippen MR) is 82.2 cm³/mol. The fraction of sp³-hybridized carbons (Fsp3) is 0.188. The molecule has 0 unspecified atom stereocenters. The molecule has 0 aromatic heterocycles. The highest BCUT2D eigenvalue weighted by atomic mass is 35.5. The molecule has 0 aliphatic rings. The molecule has 0 fully saturated rings. The van der Waals surface area contributed by atoms with Crippen LogP contribution in [-0.4, -0.2) is 19.6 Å². The fourth-order valence-corrected chi connectivity index (χ4v) is 2.23. The zero-order valence-corrected chi connectivity index (χ0v) is 13.5. The van der Waals surface area contributed by atoms with Crippen molar-refractivity contribution in [1.82, 2.24) is 5.32 Å². The third-order valence-electron chi connectivity index (χ3n) is 3.15. The van der Waals surface area contributed by atoms with E-state index in [2.05, 4.69) is 10.1 Å². The van der Waals surface area contributed by atoms with Gasteiger partial charge in [0.25, 0.3) is 5.91 Å². The maximum atomic E-state index is 13.2. The highest BCUT2D eigenvalue weighted by molar-refractivity contribution is 6.33. The maximum Gasteiger partial charge on any atom is 0.387 e. The smallest absolute Gasteiger partial charge is 0.387 e. The number of carbonyl (C=O) groups is 1. The number of ether oxygens (including phenoxy) is 2. The number of nitrogens with one attached hydrogen (secondary N) is 1. The minimum Gasteiger partial charge on any atom is -0.493 e. The molecular weight excluding hydrogens is 366 g/mol. The minimum atomic E-state index is -3.00. The Morgan fingerprint density at radius 2 is 1.84 bits per heavy atom. The van der Waals surface area contributed by atoms with E-state index < -0.39 is 24.2 Å². The molecule has 25 heavy (non-hydrogen) atoms. The number of carbonyl (C=O) groups excluding carboxylic acids is 1. The SMILES string of the molecule is COc1cc(CNC(=O)c2cc(F)c(F)cc2Cl)ccc1OC(F)F.